The second-order valence-electron chi connectivity index (χ2n) is 4.69. The summed E-state index contributed by atoms with van der Waals surface area (Å²) in [6, 6.07) is 10.1. The van der Waals surface area contributed by atoms with Gasteiger partial charge in [0.1, 0.15) is 5.82 Å². The SMILES string of the molecule is CCc1nnc(SCC(=O)NCCc2ccccc2)n1C. The predicted molar refractivity (Wildman–Crippen MR) is 84.3 cm³/mol. The van der Waals surface area contributed by atoms with Crippen LogP contribution in [-0.2, 0) is 24.7 Å². The summed E-state index contributed by atoms with van der Waals surface area (Å²) < 4.78 is 1.93. The van der Waals surface area contributed by atoms with Gasteiger partial charge in [-0.1, -0.05) is 49.0 Å². The van der Waals surface area contributed by atoms with E-state index >= 15 is 0 Å². The smallest absolute Gasteiger partial charge is 0.230 e. The van der Waals surface area contributed by atoms with E-state index in [4.69, 9.17) is 0 Å². The van der Waals surface area contributed by atoms with Gasteiger partial charge in [-0.3, -0.25) is 4.79 Å². The van der Waals surface area contributed by atoms with Crippen molar-refractivity contribution >= 4 is 17.7 Å². The van der Waals surface area contributed by atoms with Crippen molar-refractivity contribution in [2.45, 2.75) is 24.9 Å². The average Bonchev–Trinajstić information content (AvgIpc) is 2.86. The number of rotatable bonds is 7. The first-order chi connectivity index (χ1) is 10.2. The highest BCUT2D eigenvalue weighted by molar-refractivity contribution is 7.99. The maximum Gasteiger partial charge on any atom is 0.230 e. The second kappa shape index (κ2) is 7.83. The van der Waals surface area contributed by atoms with Crippen LogP contribution >= 0.6 is 11.8 Å². The summed E-state index contributed by atoms with van der Waals surface area (Å²) in [5, 5.41) is 11.9. The Morgan fingerprint density at radius 1 is 1.29 bits per heavy atom. The van der Waals surface area contributed by atoms with Crippen LogP contribution in [0.15, 0.2) is 35.5 Å². The fraction of sp³-hybridized carbons (Fsp3) is 0.400. The maximum atomic E-state index is 11.8. The highest BCUT2D eigenvalue weighted by Crippen LogP contribution is 2.15. The highest BCUT2D eigenvalue weighted by Gasteiger charge is 2.09. The Kier molecular flexibility index (Phi) is 5.80. The number of benzene rings is 1. The molecule has 0 atom stereocenters. The summed E-state index contributed by atoms with van der Waals surface area (Å²) in [6.07, 6.45) is 1.69. The van der Waals surface area contributed by atoms with Gasteiger partial charge in [0.15, 0.2) is 5.16 Å². The third-order valence-electron chi connectivity index (χ3n) is 3.15. The van der Waals surface area contributed by atoms with Crippen molar-refractivity contribution in [2.24, 2.45) is 7.05 Å². The Bertz CT molecular complexity index is 583. The molecule has 2 aromatic rings. The molecule has 0 saturated carbocycles. The third-order valence-corrected chi connectivity index (χ3v) is 4.17. The van der Waals surface area contributed by atoms with Gasteiger partial charge in [0.25, 0.3) is 0 Å². The number of carbonyl (C=O) groups is 1. The molecule has 1 amide bonds. The summed E-state index contributed by atoms with van der Waals surface area (Å²) in [6.45, 7) is 2.69. The van der Waals surface area contributed by atoms with Gasteiger partial charge in [0.2, 0.25) is 5.91 Å². The fourth-order valence-electron chi connectivity index (χ4n) is 1.95. The maximum absolute atomic E-state index is 11.8. The van der Waals surface area contributed by atoms with Crippen LogP contribution in [0.5, 0.6) is 0 Å². The number of nitrogens with one attached hydrogen (secondary N) is 1. The minimum absolute atomic E-state index is 0.0250. The van der Waals surface area contributed by atoms with E-state index in [1.165, 1.54) is 17.3 Å². The average molecular weight is 304 g/mol. The topological polar surface area (TPSA) is 59.8 Å². The molecule has 5 nitrogen and oxygen atoms in total. The van der Waals surface area contributed by atoms with Crippen LogP contribution in [0.1, 0.15) is 18.3 Å². The Morgan fingerprint density at radius 3 is 2.71 bits per heavy atom. The normalized spacial score (nSPS) is 10.6. The van der Waals surface area contributed by atoms with Crippen molar-refractivity contribution in [2.75, 3.05) is 12.3 Å². The number of hydrogen-bond donors (Lipinski definition) is 1. The monoisotopic (exact) mass is 304 g/mol. The van der Waals surface area contributed by atoms with E-state index in [0.717, 1.165) is 23.8 Å². The van der Waals surface area contributed by atoms with E-state index in [1.807, 2.05) is 36.7 Å². The lowest BCUT2D eigenvalue weighted by Crippen LogP contribution is -2.27. The molecule has 0 aliphatic heterocycles. The van der Waals surface area contributed by atoms with Crippen LogP contribution in [0.2, 0.25) is 0 Å². The van der Waals surface area contributed by atoms with Gasteiger partial charge in [-0.15, -0.1) is 10.2 Å². The molecule has 1 aromatic heterocycles. The zero-order valence-corrected chi connectivity index (χ0v) is 13.2. The molecule has 0 fully saturated rings. The van der Waals surface area contributed by atoms with Gasteiger partial charge < -0.3 is 9.88 Å². The Labute approximate surface area is 129 Å². The van der Waals surface area contributed by atoms with Crippen LogP contribution in [0.3, 0.4) is 0 Å². The number of amides is 1. The first-order valence-electron chi connectivity index (χ1n) is 7.02. The van der Waals surface area contributed by atoms with Gasteiger partial charge >= 0.3 is 0 Å². The van der Waals surface area contributed by atoms with Gasteiger partial charge in [0, 0.05) is 20.0 Å². The minimum atomic E-state index is 0.0250. The zero-order valence-electron chi connectivity index (χ0n) is 12.4. The summed E-state index contributed by atoms with van der Waals surface area (Å²) in [5.41, 5.74) is 1.23. The summed E-state index contributed by atoms with van der Waals surface area (Å²) >= 11 is 1.41. The van der Waals surface area contributed by atoms with E-state index in [1.54, 1.807) is 0 Å². The van der Waals surface area contributed by atoms with E-state index in [-0.39, 0.29) is 5.91 Å². The van der Waals surface area contributed by atoms with Crippen molar-refractivity contribution in [3.8, 4) is 0 Å². The molecule has 0 unspecified atom stereocenters. The molecule has 6 heteroatoms. The number of thioether (sulfide) groups is 1. The summed E-state index contributed by atoms with van der Waals surface area (Å²) in [7, 11) is 1.93. The quantitative estimate of drug-likeness (QED) is 0.793. The standard InChI is InChI=1S/C15H20N4OS/c1-3-13-17-18-15(19(13)2)21-11-14(20)16-10-9-12-7-5-4-6-8-12/h4-8H,3,9-11H2,1-2H3,(H,16,20). The Hall–Kier alpha value is -1.82. The number of carbonyl (C=O) groups excluding carboxylic acids is 1. The van der Waals surface area contributed by atoms with Crippen LogP contribution < -0.4 is 5.32 Å². The molecule has 112 valence electrons. The molecule has 0 saturated heterocycles. The zero-order chi connectivity index (χ0) is 15.1. The molecule has 0 aliphatic rings. The van der Waals surface area contributed by atoms with Crippen molar-refractivity contribution in [1.82, 2.24) is 20.1 Å². The van der Waals surface area contributed by atoms with Crippen LogP contribution in [0.25, 0.3) is 0 Å². The number of hydrogen-bond acceptors (Lipinski definition) is 4. The summed E-state index contributed by atoms with van der Waals surface area (Å²) in [5.74, 6) is 1.32. The summed E-state index contributed by atoms with van der Waals surface area (Å²) in [4.78, 5) is 11.8. The van der Waals surface area contributed by atoms with Crippen LogP contribution in [0.4, 0.5) is 0 Å². The van der Waals surface area contributed by atoms with Crippen molar-refractivity contribution in [1.29, 1.82) is 0 Å². The van der Waals surface area contributed by atoms with E-state index in [0.29, 0.717) is 12.3 Å². The first kappa shape index (κ1) is 15.6. The molecule has 0 bridgehead atoms. The molecule has 0 aliphatic carbocycles. The molecule has 0 spiro atoms. The molecular formula is C15H20N4OS. The minimum Gasteiger partial charge on any atom is -0.355 e. The number of nitrogens with zero attached hydrogens (tertiary/aromatic N) is 3. The molecule has 2 rings (SSSR count). The van der Waals surface area contributed by atoms with Gasteiger partial charge in [-0.25, -0.2) is 0 Å². The lowest BCUT2D eigenvalue weighted by Gasteiger charge is -2.05. The second-order valence-corrected chi connectivity index (χ2v) is 5.63. The van der Waals surface area contributed by atoms with Crippen LogP contribution in [0, 0.1) is 0 Å². The van der Waals surface area contributed by atoms with Crippen LogP contribution in [-0.4, -0.2) is 33.0 Å². The van der Waals surface area contributed by atoms with Crippen molar-refractivity contribution in [3.63, 3.8) is 0 Å². The van der Waals surface area contributed by atoms with E-state index in [9.17, 15) is 4.79 Å². The largest absolute Gasteiger partial charge is 0.355 e. The van der Waals surface area contributed by atoms with Crippen molar-refractivity contribution < 1.29 is 4.79 Å². The van der Waals surface area contributed by atoms with Gasteiger partial charge in [-0.05, 0) is 12.0 Å². The van der Waals surface area contributed by atoms with Gasteiger partial charge in [0.05, 0.1) is 5.75 Å². The fourth-order valence-corrected chi connectivity index (χ4v) is 2.71. The predicted octanol–water partition coefficient (Wildman–Crippen LogP) is 1.83. The van der Waals surface area contributed by atoms with E-state index in [2.05, 4.69) is 27.6 Å². The third kappa shape index (κ3) is 4.60. The lowest BCUT2D eigenvalue weighted by molar-refractivity contribution is -0.118. The highest BCUT2D eigenvalue weighted by atomic mass is 32.2. The van der Waals surface area contributed by atoms with Crippen molar-refractivity contribution in [3.05, 3.63) is 41.7 Å². The molecule has 1 aromatic carbocycles. The molecule has 0 radical (unpaired) electrons. The molecule has 21 heavy (non-hydrogen) atoms. The molecular weight excluding hydrogens is 284 g/mol. The molecule has 1 N–H and O–H groups in total. The van der Waals surface area contributed by atoms with Gasteiger partial charge in [-0.2, -0.15) is 0 Å². The first-order valence-corrected chi connectivity index (χ1v) is 8.01. The molecule has 1 heterocycles. The van der Waals surface area contributed by atoms with E-state index < -0.39 is 0 Å². The number of aromatic nitrogens is 3. The Balaban J connectivity index is 1.71. The number of aryl methyl sites for hydroxylation is 1. The lowest BCUT2D eigenvalue weighted by atomic mass is 10.1. The Morgan fingerprint density at radius 2 is 2.05 bits per heavy atom.